The van der Waals surface area contributed by atoms with Gasteiger partial charge >= 0.3 is 43.1 Å². The van der Waals surface area contributed by atoms with Crippen LogP contribution in [0.25, 0.3) is 0 Å². The van der Waals surface area contributed by atoms with Crippen molar-refractivity contribution in [2.24, 2.45) is 0 Å². The van der Waals surface area contributed by atoms with Crippen LogP contribution in [0.15, 0.2) is 0 Å². The van der Waals surface area contributed by atoms with Crippen LogP contribution in [0.2, 0.25) is 2.82 Å². The molecule has 52 nitrogen and oxygen atoms in total. The van der Waals surface area contributed by atoms with Crippen molar-refractivity contribution in [2.45, 2.75) is 192 Å². The van der Waals surface area contributed by atoms with Gasteiger partial charge in [0.05, 0.1) is 58.9 Å². The summed E-state index contributed by atoms with van der Waals surface area (Å²) in [5.41, 5.74) is -20.0. The first kappa shape index (κ1) is 52.1. The van der Waals surface area contributed by atoms with Crippen molar-refractivity contribution in [1.29, 1.82) is 2.86 Å². The number of rotatable bonds is 46. The molecule has 0 saturated carbocycles. The molecule has 11 unspecified atom stereocenters. The first-order chi connectivity index (χ1) is 59.8. The topological polar surface area (TPSA) is 674 Å². The third-order valence-corrected chi connectivity index (χ3v) is 14.6. The Bertz CT molecular complexity index is 4630. The molecule has 60 heteroatoms. The maximum atomic E-state index is 14.6. The Labute approximate surface area is 639 Å². The number of likely N-dealkylation sites (N-methyl/N-ethyl adjacent to an activating group) is 1. The quantitative estimate of drug-likeness (QED) is 0.00724. The summed E-state index contributed by atoms with van der Waals surface area (Å²) in [5.74, 6) is -7.24. The molecule has 0 radical (unpaired) electrons. The van der Waals surface area contributed by atoms with Crippen LogP contribution >= 0.6 is 61.3 Å². The molecule has 5 rings (SSSR count). The van der Waals surface area contributed by atoms with Crippen molar-refractivity contribution in [3.8, 4) is 0 Å². The Morgan fingerprint density at radius 1 is 0.653 bits per heavy atom. The number of ether oxygens (including phenoxy) is 14. The molecule has 14 N–H and O–H groups in total. The minimum atomic E-state index is -7.52. The van der Waals surface area contributed by atoms with Gasteiger partial charge in [-0.15, -0.1) is 21.7 Å². The van der Waals surface area contributed by atoms with Gasteiger partial charge in [0, 0.05) is 42.5 Å². The van der Waals surface area contributed by atoms with E-state index in [9.17, 15) is 105 Å². The van der Waals surface area contributed by atoms with Crippen LogP contribution in [0.3, 0.4) is 0 Å². The van der Waals surface area contributed by atoms with E-state index >= 15 is 0 Å². The largest absolute Gasteiger partial charge is 0.479 e. The monoisotopic (exact) mass is 1680 g/mol. The average molecular weight is 1680 g/mol. The summed E-state index contributed by atoms with van der Waals surface area (Å²) in [7, 11) is -25.1. The molecule has 0 aromatic heterocycles. The standard InChI is InChI=1S/C41H73N3O49S8/c1-14(82-100(59,60)61)25-41(5,80-37-30(67-9)38(2,50)28(22(75-37)31(46)47)77-36-23(44(6)96-91-86-53)39(3,69-11)26(66-8)16(73-36)12-70-97-92-87-54)27(81-98-93-88-55)18(43-95-90-85-52)34(76-25)79-40(4)24(45)21(83-101(62,63)64)35(78-29(40)32(48)49)74-19-15(13-71-99(56,57)58)72-33(68-10)17(20(19)65-7)42-94-89-84-51/h14-30,33-37,42-43,45,50-55H,12-13H2,1-11H3,(H,46,47)(H,48,49)(H,56,57,58)(H,59,60,61)(H,62,63,64)/t14?,15-,16-,17?,18?,19-,20?,21?,22+,23?,24-,25?,26+,27+,28+,29?,30?,33+,34+,35+,36+,37-,38?,39?,40-,41+/m0/s1/i10D3,12D2,13D2,14D,15D,16D,17D,18D,19D,20D,21D,22D,23D,24D,25D,26D,27D,28D,29D,30D,33D,34D,35D,36D,37D,45D,50D/hD2. The summed E-state index contributed by atoms with van der Waals surface area (Å²) in [6.45, 7) is -11.6. The van der Waals surface area contributed by atoms with Gasteiger partial charge in [-0.25, -0.2) is 62.2 Å². The molecular formula is C41H73N3O49S8. The smallest absolute Gasteiger partial charge is 0.397 e. The lowest BCUT2D eigenvalue weighted by Crippen LogP contribution is -2.77. The zero-order valence-corrected chi connectivity index (χ0v) is 57.0. The highest BCUT2D eigenvalue weighted by Crippen LogP contribution is 2.49. The van der Waals surface area contributed by atoms with Gasteiger partial charge in [0.15, 0.2) is 74.2 Å². The Kier molecular flexibility index (Phi) is 20.6. The molecule has 594 valence electrons. The zero-order chi connectivity index (χ0) is 105. The van der Waals surface area contributed by atoms with Crippen LogP contribution in [0.4, 0.5) is 0 Å². The first-order valence-electron chi connectivity index (χ1n) is 40.4. The first-order valence-corrected chi connectivity index (χ1v) is 31.7. The molecular weight excluding hydrogens is 1570 g/mol. The fourth-order valence-corrected chi connectivity index (χ4v) is 10.4. The molecule has 0 aromatic carbocycles. The number of aliphatic carboxylic acids is 2. The van der Waals surface area contributed by atoms with E-state index in [0.29, 0.717) is 28.2 Å². The fourth-order valence-electron chi connectivity index (χ4n) is 7.94. The highest BCUT2D eigenvalue weighted by molar-refractivity contribution is 7.93. The number of hydrogen-bond acceptors (Lipinski definition) is 52. The predicted octanol–water partition coefficient (Wildman–Crippen LogP) is -2.93. The lowest BCUT2D eigenvalue weighted by atomic mass is 9.80. The van der Waals surface area contributed by atoms with Gasteiger partial charge in [-0.05, 0) is 34.6 Å². The number of methoxy groups -OCH3 is 5. The SMILES string of the molecule is [2H]OC1(C)C([2H])(OC)[C@]([2H])(O[C@]2(C)C([2H])(C([2H])(C)OS(=O)(=O)O)O[C@]([2H])(O[C@]3(C)C([2H])(C(=O)O)O[C@@]([2H])(O[C@]4([2H])C([2H])(OC)C([2H])(N([2H])SOOO)[C@]([2H])(OC([2H])([2H])[2H])O[C@@]4([2H])C([2H])([2H])OS(=O)(=O)O)C([2H])(OS(=O)(=O)O)[C@]3([2H])O[2H])C([2H])(N([2H])SOOO)[C@@]2([2H])OSOOO)O[C@@]([2H])(C(=O)O)[C@@]1([2H])O[C@@]1([2H])O[C@@]([2H])(C([2H])([2H])OSOOO)[C@@]([2H])(OC)C(C)(OC)C1([2H])N(C)SOOO. The van der Waals surface area contributed by atoms with Crippen molar-refractivity contribution in [2.75, 3.05) is 55.6 Å². The lowest BCUT2D eigenvalue weighted by Gasteiger charge is -2.58. The van der Waals surface area contributed by atoms with Gasteiger partial charge < -0.3 is 86.7 Å². The molecule has 5 fully saturated rings. The normalized spacial score (nSPS) is 59.4. The summed E-state index contributed by atoms with van der Waals surface area (Å²) in [6.07, 6.45) is -106. The summed E-state index contributed by atoms with van der Waals surface area (Å²) in [6, 6.07) is -15.4. The Morgan fingerprint density at radius 2 is 1.27 bits per heavy atom. The van der Waals surface area contributed by atoms with E-state index in [4.69, 9.17) is 101 Å². The molecule has 0 bridgehead atoms. The second kappa shape index (κ2) is 40.0. The number of carboxylic acid groups (broad SMARTS) is 2. The molecule has 0 amide bonds. The lowest BCUT2D eigenvalue weighted by molar-refractivity contribution is -0.437. The van der Waals surface area contributed by atoms with Crippen LogP contribution in [-0.4, -0.2) is 317 Å². The number of aliphatic hydroxyl groups is 2. The number of nitrogens with one attached hydrogen (secondary N) is 2. The molecule has 5 heterocycles. The van der Waals surface area contributed by atoms with E-state index in [2.05, 4.69) is 69.3 Å². The van der Waals surface area contributed by atoms with Crippen molar-refractivity contribution < 1.29 is 272 Å². The molecule has 5 aliphatic rings. The molecule has 0 aliphatic carbocycles. The van der Waals surface area contributed by atoms with Gasteiger partial charge in [-0.2, -0.15) is 25.3 Å². The van der Waals surface area contributed by atoms with Crippen LogP contribution < -0.4 is 9.43 Å². The Hall–Kier alpha value is -1.14. The molecule has 101 heavy (non-hydrogen) atoms. The summed E-state index contributed by atoms with van der Waals surface area (Å²) < 4.78 is 534. The number of nitrogens with zero attached hydrogens (tertiary/aromatic N) is 1. The maximum Gasteiger partial charge on any atom is 0.397 e. The fraction of sp³-hybridized carbons (Fsp3) is 0.951. The van der Waals surface area contributed by atoms with E-state index in [0.717, 1.165) is 0 Å². The van der Waals surface area contributed by atoms with E-state index < -0.39 is 312 Å². The van der Waals surface area contributed by atoms with Crippen LogP contribution in [0.1, 0.15) is 74.4 Å². The van der Waals surface area contributed by atoms with Crippen LogP contribution in [-0.2, 0) is 175 Å². The van der Waals surface area contributed by atoms with Crippen molar-refractivity contribution in [3.63, 3.8) is 0 Å². The molecule has 5 saturated heterocycles. The molecule has 26 atom stereocenters. The van der Waals surface area contributed by atoms with Gasteiger partial charge in [0.1, 0.15) is 141 Å². The highest BCUT2D eigenvalue weighted by Gasteiger charge is 2.69. The minimum Gasteiger partial charge on any atom is -0.479 e. The Morgan fingerprint density at radius 3 is 1.80 bits per heavy atom. The third-order valence-electron chi connectivity index (χ3n) is 11.6. The Balaban J connectivity index is 2.18. The van der Waals surface area contributed by atoms with Gasteiger partial charge in [-0.1, -0.05) is 25.2 Å². The van der Waals surface area contributed by atoms with E-state index in [1.54, 1.807) is 0 Å². The van der Waals surface area contributed by atoms with Crippen molar-refractivity contribution in [3.05, 3.63) is 0 Å². The maximum absolute atomic E-state index is 14.6. The molecule has 0 spiro atoms. The number of hydrogen-bond donors (Lipinski definition) is 14. The summed E-state index contributed by atoms with van der Waals surface area (Å²) >= 11 is -5.71. The highest BCUT2D eigenvalue weighted by atomic mass is 32.3. The third kappa shape index (κ3) is 23.0. The predicted molar refractivity (Wildman–Crippen MR) is 313 cm³/mol. The second-order valence-electron chi connectivity index (χ2n) is 17.6. The van der Waals surface area contributed by atoms with Crippen molar-refractivity contribution >= 4 is 104 Å². The second-order valence-corrected chi connectivity index (χ2v) is 23.3. The average Bonchev–Trinajstić information content (AvgIpc) is 0.624. The van der Waals surface area contributed by atoms with Gasteiger partial charge in [-0.3, -0.25) is 22.0 Å². The molecule has 5 aliphatic heterocycles. The van der Waals surface area contributed by atoms with E-state index in [1.807, 2.05) is 0 Å². The van der Waals surface area contributed by atoms with Crippen LogP contribution in [0, 0.1) is 0 Å². The van der Waals surface area contributed by atoms with E-state index in [-0.39, 0.29) is 25.4 Å². The van der Waals surface area contributed by atoms with Gasteiger partial charge in [0.25, 0.3) is 0 Å². The van der Waals surface area contributed by atoms with E-state index in [1.165, 1.54) is 0 Å². The number of carboxylic acids is 2. The van der Waals surface area contributed by atoms with Crippen molar-refractivity contribution in [1.82, 2.24) is 13.7 Å². The van der Waals surface area contributed by atoms with Gasteiger partial charge in [0.2, 0.25) is 2.86 Å². The number of carbonyl (C=O) groups is 2. The van der Waals surface area contributed by atoms with Crippen LogP contribution in [0.5, 0.6) is 0 Å². The zero-order valence-electron chi connectivity index (χ0n) is 83.5. The summed E-state index contributed by atoms with van der Waals surface area (Å²) in [5, 5.41) is 95.4. The summed E-state index contributed by atoms with van der Waals surface area (Å²) in [4.78, 5) is 29.1. The molecule has 0 aromatic rings. The minimum absolute atomic E-state index is 0.0450.